The third kappa shape index (κ3) is 8.32. The van der Waals surface area contributed by atoms with Gasteiger partial charge >= 0.3 is 0 Å². The molecule has 0 radical (unpaired) electrons. The van der Waals surface area contributed by atoms with Gasteiger partial charge in [-0.1, -0.05) is 85.0 Å². The van der Waals surface area contributed by atoms with Gasteiger partial charge in [-0.3, -0.25) is 19.2 Å². The maximum Gasteiger partial charge on any atom is 0.264 e. The minimum Gasteiger partial charge on any atom is -0.494 e. The van der Waals surface area contributed by atoms with Crippen molar-refractivity contribution in [3.8, 4) is 5.75 Å². The molecular formula is C46H52N6O6. The molecule has 1 aromatic heterocycles. The van der Waals surface area contributed by atoms with E-state index in [2.05, 4.69) is 15.6 Å². The Morgan fingerprint density at radius 1 is 0.966 bits per heavy atom. The molecule has 2 aliphatic rings. The molecule has 0 saturated carbocycles. The number of fused-ring (bicyclic) bond motifs is 2. The van der Waals surface area contributed by atoms with Gasteiger partial charge in [0, 0.05) is 36.5 Å². The third-order valence-electron chi connectivity index (χ3n) is 11.1. The summed E-state index contributed by atoms with van der Waals surface area (Å²) in [6.07, 6.45) is 8.18. The molecule has 4 aromatic carbocycles. The number of hydrogen-bond donors (Lipinski definition) is 4. The zero-order valence-corrected chi connectivity index (χ0v) is 33.1. The second-order valence-electron chi connectivity index (χ2n) is 14.9. The molecule has 3 heterocycles. The number of anilines is 3. The first-order chi connectivity index (χ1) is 28.3. The van der Waals surface area contributed by atoms with Crippen LogP contribution in [0.5, 0.6) is 5.75 Å². The van der Waals surface area contributed by atoms with E-state index in [0.717, 1.165) is 34.5 Å². The zero-order valence-electron chi connectivity index (χ0n) is 33.1. The molecule has 0 spiro atoms. The van der Waals surface area contributed by atoms with E-state index < -0.39 is 23.5 Å². The van der Waals surface area contributed by atoms with Crippen LogP contribution in [0, 0.1) is 5.92 Å². The number of carbonyl (C=O) groups is 2. The molecule has 0 saturated heterocycles. The van der Waals surface area contributed by atoms with Gasteiger partial charge in [-0.15, -0.1) is 5.10 Å². The highest BCUT2D eigenvalue weighted by Gasteiger charge is 2.52. The van der Waals surface area contributed by atoms with Gasteiger partial charge in [0.15, 0.2) is 5.60 Å². The average Bonchev–Trinajstić information content (AvgIpc) is 3.79. The Balaban J connectivity index is 1.07. The summed E-state index contributed by atoms with van der Waals surface area (Å²) in [5.74, 6) is -0.568. The molecule has 4 atom stereocenters. The standard InChI is InChI=1S/C46H52N6O6/c1-3-58-37-21-22-42-35(27-37)28-40(47-23-10-12-25-53)44(55)52(42)36-18-13-15-33(26-36)29-51-43-20-8-7-19-39(43)46(57,45(51)56)32(2)14-9-11-24-50-30-41(48-49-50)38(31-54)34-16-5-4-6-17-34/h4-9,13-22,26-27,30,32,38,40,47,53-54,57H,3,10-12,23-25,28-29,31H2,1-2H3/b14-9+/t32-,38?,40?,46+/m0/s1. The lowest BCUT2D eigenvalue weighted by Gasteiger charge is -2.35. The summed E-state index contributed by atoms with van der Waals surface area (Å²) in [6, 6.07) is 30.0. The van der Waals surface area contributed by atoms with E-state index in [1.165, 1.54) is 0 Å². The van der Waals surface area contributed by atoms with Crippen LogP contribution in [-0.4, -0.2) is 74.5 Å². The van der Waals surface area contributed by atoms with Crippen LogP contribution in [0.1, 0.15) is 67.0 Å². The number of aliphatic hydroxyl groups excluding tert-OH is 2. The van der Waals surface area contributed by atoms with Crippen molar-refractivity contribution in [3.05, 3.63) is 143 Å². The van der Waals surface area contributed by atoms with Crippen molar-refractivity contribution in [2.75, 3.05) is 36.2 Å². The minimum atomic E-state index is -1.79. The Labute approximate surface area is 339 Å². The quantitative estimate of drug-likeness (QED) is 0.0641. The van der Waals surface area contributed by atoms with Gasteiger partial charge in [0.2, 0.25) is 5.91 Å². The molecule has 12 nitrogen and oxygen atoms in total. The summed E-state index contributed by atoms with van der Waals surface area (Å²) in [5, 5.41) is 43.6. The summed E-state index contributed by atoms with van der Waals surface area (Å²) in [7, 11) is 0. The Hall–Kier alpha value is -5.66. The van der Waals surface area contributed by atoms with Crippen LogP contribution >= 0.6 is 0 Å². The summed E-state index contributed by atoms with van der Waals surface area (Å²) in [4.78, 5) is 31.9. The molecule has 0 bridgehead atoms. The third-order valence-corrected chi connectivity index (χ3v) is 11.1. The van der Waals surface area contributed by atoms with Gasteiger partial charge in [0.25, 0.3) is 5.91 Å². The van der Waals surface area contributed by atoms with E-state index >= 15 is 0 Å². The highest BCUT2D eigenvalue weighted by atomic mass is 16.5. The van der Waals surface area contributed by atoms with Crippen molar-refractivity contribution in [2.24, 2.45) is 5.92 Å². The second-order valence-corrected chi connectivity index (χ2v) is 14.9. The normalized spacial score (nSPS) is 18.7. The highest BCUT2D eigenvalue weighted by Crippen LogP contribution is 2.46. The van der Waals surface area contributed by atoms with Gasteiger partial charge < -0.3 is 30.3 Å². The van der Waals surface area contributed by atoms with Gasteiger partial charge in [-0.2, -0.15) is 0 Å². The van der Waals surface area contributed by atoms with Crippen LogP contribution in [0.3, 0.4) is 0 Å². The van der Waals surface area contributed by atoms with Gasteiger partial charge in [-0.05, 0) is 92.2 Å². The molecule has 2 amide bonds. The van der Waals surface area contributed by atoms with Crippen LogP contribution in [0.25, 0.3) is 0 Å². The van der Waals surface area contributed by atoms with E-state index in [1.807, 2.05) is 129 Å². The number of nitrogens with one attached hydrogen (secondary N) is 1. The summed E-state index contributed by atoms with van der Waals surface area (Å²) in [5.41, 5.74) is 4.29. The molecule has 0 fully saturated rings. The van der Waals surface area contributed by atoms with E-state index in [0.29, 0.717) is 61.6 Å². The van der Waals surface area contributed by atoms with Crippen molar-refractivity contribution < 1.29 is 29.6 Å². The molecule has 12 heteroatoms. The number of para-hydroxylation sites is 1. The predicted octanol–water partition coefficient (Wildman–Crippen LogP) is 5.77. The second kappa shape index (κ2) is 18.3. The molecule has 4 N–H and O–H groups in total. The number of aromatic nitrogens is 3. The van der Waals surface area contributed by atoms with Gasteiger partial charge in [-0.25, -0.2) is 0 Å². The fourth-order valence-corrected chi connectivity index (χ4v) is 8.04. The number of aryl methyl sites for hydroxylation is 1. The van der Waals surface area contributed by atoms with Crippen molar-refractivity contribution in [1.29, 1.82) is 0 Å². The number of allylic oxidation sites excluding steroid dienone is 1. The number of carbonyl (C=O) groups excluding carboxylic acids is 2. The first kappa shape index (κ1) is 40.5. The van der Waals surface area contributed by atoms with E-state index in [4.69, 9.17) is 4.74 Å². The highest BCUT2D eigenvalue weighted by molar-refractivity contribution is 6.08. The monoisotopic (exact) mass is 784 g/mol. The Kier molecular flexibility index (Phi) is 12.8. The summed E-state index contributed by atoms with van der Waals surface area (Å²) >= 11 is 0. The fourth-order valence-electron chi connectivity index (χ4n) is 8.04. The lowest BCUT2D eigenvalue weighted by molar-refractivity contribution is -0.139. The van der Waals surface area contributed by atoms with Crippen LogP contribution in [0.15, 0.2) is 115 Å². The van der Waals surface area contributed by atoms with E-state index in [-0.39, 0.29) is 31.6 Å². The molecule has 2 aliphatic heterocycles. The number of nitrogens with zero attached hydrogens (tertiary/aromatic N) is 5. The summed E-state index contributed by atoms with van der Waals surface area (Å²) in [6.45, 7) is 5.66. The van der Waals surface area contributed by atoms with Crippen LogP contribution in [0.4, 0.5) is 17.1 Å². The van der Waals surface area contributed by atoms with Crippen molar-refractivity contribution >= 4 is 28.9 Å². The topological polar surface area (TPSA) is 153 Å². The lowest BCUT2D eigenvalue weighted by atomic mass is 9.83. The van der Waals surface area contributed by atoms with Gasteiger partial charge in [0.1, 0.15) is 5.75 Å². The first-order valence-corrected chi connectivity index (χ1v) is 20.2. The number of amides is 2. The molecular weight excluding hydrogens is 733 g/mol. The largest absolute Gasteiger partial charge is 0.494 e. The lowest BCUT2D eigenvalue weighted by Crippen LogP contribution is -2.49. The Morgan fingerprint density at radius 2 is 1.78 bits per heavy atom. The molecule has 0 aliphatic carbocycles. The van der Waals surface area contributed by atoms with Crippen LogP contribution in [0.2, 0.25) is 0 Å². The van der Waals surface area contributed by atoms with Gasteiger partial charge in [0.05, 0.1) is 48.8 Å². The zero-order chi connectivity index (χ0) is 40.6. The smallest absolute Gasteiger partial charge is 0.264 e. The number of ether oxygens (including phenoxy) is 1. The Bertz CT molecular complexity index is 2230. The maximum absolute atomic E-state index is 14.4. The van der Waals surface area contributed by atoms with E-state index in [1.54, 1.807) is 14.5 Å². The Morgan fingerprint density at radius 3 is 2.57 bits per heavy atom. The molecule has 2 unspecified atom stereocenters. The number of aliphatic hydroxyl groups is 3. The predicted molar refractivity (Wildman–Crippen MR) is 223 cm³/mol. The molecule has 5 aromatic rings. The van der Waals surface area contributed by atoms with Crippen molar-refractivity contribution in [1.82, 2.24) is 20.3 Å². The maximum atomic E-state index is 14.4. The van der Waals surface area contributed by atoms with E-state index in [9.17, 15) is 24.9 Å². The fraction of sp³-hybridized carbons (Fsp3) is 0.348. The molecule has 58 heavy (non-hydrogen) atoms. The first-order valence-electron chi connectivity index (χ1n) is 20.2. The van der Waals surface area contributed by atoms with Crippen molar-refractivity contribution in [3.63, 3.8) is 0 Å². The van der Waals surface area contributed by atoms with Crippen LogP contribution < -0.4 is 19.9 Å². The van der Waals surface area contributed by atoms with Crippen LogP contribution in [-0.2, 0) is 34.7 Å². The average molecular weight is 785 g/mol. The molecule has 302 valence electrons. The number of unbranched alkanes of at least 4 members (excludes halogenated alkanes) is 1. The minimum absolute atomic E-state index is 0.0786. The molecule has 7 rings (SSSR count). The SMILES string of the molecule is CCOc1ccc2c(c1)CC(NCCCCO)C(=O)N2c1cccc(CN2C(=O)[C@@](O)([C@@H](C)/C=C/CCn3cc(C(CO)c4ccccc4)nn3)c3ccccc32)c1. The number of benzene rings is 4. The number of hydrogen-bond acceptors (Lipinski definition) is 9. The van der Waals surface area contributed by atoms with Crippen molar-refractivity contribution in [2.45, 2.75) is 70.2 Å². The summed E-state index contributed by atoms with van der Waals surface area (Å²) < 4.78 is 7.53. The number of rotatable bonds is 18.